The zero-order valence-corrected chi connectivity index (χ0v) is 9.41. The Kier molecular flexibility index (Phi) is 3.17. The van der Waals surface area contributed by atoms with Gasteiger partial charge in [0.15, 0.2) is 0 Å². The monoisotopic (exact) mass is 193 g/mol. The molecule has 0 aliphatic heterocycles. The van der Waals surface area contributed by atoms with Crippen molar-refractivity contribution in [2.75, 3.05) is 18.5 Å². The van der Waals surface area contributed by atoms with Crippen LogP contribution in [0.15, 0.2) is 24.3 Å². The number of likely N-dealkylation sites (N-methyl/N-ethyl adjacent to an activating group) is 1. The Bertz CT molecular complexity index is 301. The molecule has 1 aromatic carbocycles. The summed E-state index contributed by atoms with van der Waals surface area (Å²) in [5.74, 6) is 0. The van der Waals surface area contributed by atoms with Crippen molar-refractivity contribution < 1.29 is 5.11 Å². The van der Waals surface area contributed by atoms with Crippen LogP contribution >= 0.6 is 0 Å². The molecule has 1 rings (SSSR count). The first-order chi connectivity index (χ1) is 6.38. The molecule has 1 N–H and O–H groups in total. The third-order valence-electron chi connectivity index (χ3n) is 2.07. The van der Waals surface area contributed by atoms with Crippen LogP contribution in [-0.4, -0.2) is 24.3 Å². The van der Waals surface area contributed by atoms with Gasteiger partial charge in [0.1, 0.15) is 0 Å². The van der Waals surface area contributed by atoms with Gasteiger partial charge in [0.2, 0.25) is 0 Å². The number of aryl methyl sites for hydroxylation is 1. The average molecular weight is 193 g/mol. The highest BCUT2D eigenvalue weighted by atomic mass is 16.3. The van der Waals surface area contributed by atoms with Gasteiger partial charge in [-0.05, 0) is 38.5 Å². The lowest BCUT2D eigenvalue weighted by Crippen LogP contribution is -2.36. The van der Waals surface area contributed by atoms with Crippen LogP contribution in [0.4, 0.5) is 5.69 Å². The van der Waals surface area contributed by atoms with Gasteiger partial charge in [-0.25, -0.2) is 0 Å². The molecule has 0 bridgehead atoms. The molecule has 78 valence electrons. The Balaban J connectivity index is 2.74. The number of aliphatic hydroxyl groups is 1. The van der Waals surface area contributed by atoms with Crippen LogP contribution in [0.3, 0.4) is 0 Å². The molecule has 0 aliphatic carbocycles. The van der Waals surface area contributed by atoms with Crippen molar-refractivity contribution in [2.45, 2.75) is 26.4 Å². The number of benzene rings is 1. The molecule has 2 heteroatoms. The predicted octanol–water partition coefficient (Wildman–Crippen LogP) is 2.20. The van der Waals surface area contributed by atoms with Gasteiger partial charge in [0.05, 0.1) is 5.60 Å². The number of anilines is 1. The highest BCUT2D eigenvalue weighted by Crippen LogP contribution is 2.16. The third kappa shape index (κ3) is 3.38. The van der Waals surface area contributed by atoms with Gasteiger partial charge < -0.3 is 10.0 Å². The molecular weight excluding hydrogens is 174 g/mol. The SMILES string of the molecule is Cc1cccc(N(C)CC(C)(C)O)c1. The van der Waals surface area contributed by atoms with E-state index in [1.54, 1.807) is 0 Å². The minimum absolute atomic E-state index is 0.635. The number of hydrogen-bond acceptors (Lipinski definition) is 2. The van der Waals surface area contributed by atoms with Gasteiger partial charge in [0.25, 0.3) is 0 Å². The van der Waals surface area contributed by atoms with Crippen LogP contribution in [0.2, 0.25) is 0 Å². The quantitative estimate of drug-likeness (QED) is 0.795. The van der Waals surface area contributed by atoms with E-state index in [1.807, 2.05) is 27.0 Å². The van der Waals surface area contributed by atoms with E-state index in [2.05, 4.69) is 30.0 Å². The van der Waals surface area contributed by atoms with Crippen molar-refractivity contribution >= 4 is 5.69 Å². The van der Waals surface area contributed by atoms with Gasteiger partial charge in [-0.3, -0.25) is 0 Å². The Hall–Kier alpha value is -1.02. The van der Waals surface area contributed by atoms with Gasteiger partial charge in [0, 0.05) is 19.3 Å². The van der Waals surface area contributed by atoms with Crippen molar-refractivity contribution in [3.05, 3.63) is 29.8 Å². The molecule has 2 nitrogen and oxygen atoms in total. The van der Waals surface area contributed by atoms with Crippen LogP contribution in [0.1, 0.15) is 19.4 Å². The summed E-state index contributed by atoms with van der Waals surface area (Å²) in [5.41, 5.74) is 1.73. The Morgan fingerprint density at radius 2 is 2.00 bits per heavy atom. The molecule has 0 aromatic heterocycles. The van der Waals surface area contributed by atoms with E-state index < -0.39 is 5.60 Å². The van der Waals surface area contributed by atoms with E-state index in [4.69, 9.17) is 0 Å². The minimum atomic E-state index is -0.654. The molecule has 1 aromatic rings. The predicted molar refractivity (Wildman–Crippen MR) is 60.7 cm³/mol. The molecule has 0 heterocycles. The molecular formula is C12H19NO. The lowest BCUT2D eigenvalue weighted by Gasteiger charge is -2.27. The van der Waals surface area contributed by atoms with E-state index >= 15 is 0 Å². The summed E-state index contributed by atoms with van der Waals surface area (Å²) in [7, 11) is 1.99. The molecule has 14 heavy (non-hydrogen) atoms. The summed E-state index contributed by atoms with van der Waals surface area (Å²) in [4.78, 5) is 2.06. The molecule has 0 saturated carbocycles. The van der Waals surface area contributed by atoms with E-state index in [1.165, 1.54) is 5.56 Å². The van der Waals surface area contributed by atoms with Gasteiger partial charge in [-0.1, -0.05) is 12.1 Å². The summed E-state index contributed by atoms with van der Waals surface area (Å²) < 4.78 is 0. The van der Waals surface area contributed by atoms with E-state index in [-0.39, 0.29) is 0 Å². The van der Waals surface area contributed by atoms with Gasteiger partial charge in [-0.15, -0.1) is 0 Å². The zero-order chi connectivity index (χ0) is 10.8. The normalized spacial score (nSPS) is 11.5. The van der Waals surface area contributed by atoms with Crippen LogP contribution in [0, 0.1) is 6.92 Å². The van der Waals surface area contributed by atoms with E-state index in [0.29, 0.717) is 6.54 Å². The maximum Gasteiger partial charge on any atom is 0.0765 e. The molecule has 0 amide bonds. The average Bonchev–Trinajstić information content (AvgIpc) is 2.01. The second-order valence-corrected chi connectivity index (χ2v) is 4.51. The van der Waals surface area contributed by atoms with Crippen LogP contribution in [0.25, 0.3) is 0 Å². The summed E-state index contributed by atoms with van der Waals surface area (Å²) in [6, 6.07) is 8.28. The molecule has 0 aliphatic rings. The van der Waals surface area contributed by atoms with E-state index in [9.17, 15) is 5.11 Å². The van der Waals surface area contributed by atoms with Crippen molar-refractivity contribution in [3.63, 3.8) is 0 Å². The summed E-state index contributed by atoms with van der Waals surface area (Å²) >= 11 is 0. The fourth-order valence-electron chi connectivity index (χ4n) is 1.54. The first kappa shape index (κ1) is 11.1. The summed E-state index contributed by atoms with van der Waals surface area (Å²) in [6.07, 6.45) is 0. The first-order valence-electron chi connectivity index (χ1n) is 4.89. The molecule has 0 saturated heterocycles. The summed E-state index contributed by atoms with van der Waals surface area (Å²) in [6.45, 7) is 6.34. The van der Waals surface area contributed by atoms with Crippen LogP contribution < -0.4 is 4.90 Å². The maximum atomic E-state index is 9.68. The lowest BCUT2D eigenvalue weighted by atomic mass is 10.1. The smallest absolute Gasteiger partial charge is 0.0765 e. The second-order valence-electron chi connectivity index (χ2n) is 4.51. The Labute approximate surface area is 86.2 Å². The fraction of sp³-hybridized carbons (Fsp3) is 0.500. The zero-order valence-electron chi connectivity index (χ0n) is 9.41. The van der Waals surface area contributed by atoms with E-state index in [0.717, 1.165) is 5.69 Å². The lowest BCUT2D eigenvalue weighted by molar-refractivity contribution is 0.0886. The molecule has 0 unspecified atom stereocenters. The maximum absolute atomic E-state index is 9.68. The fourth-order valence-corrected chi connectivity index (χ4v) is 1.54. The molecule has 0 radical (unpaired) electrons. The van der Waals surface area contributed by atoms with Crippen molar-refractivity contribution in [1.29, 1.82) is 0 Å². The first-order valence-corrected chi connectivity index (χ1v) is 4.89. The summed E-state index contributed by atoms with van der Waals surface area (Å²) in [5, 5.41) is 9.68. The van der Waals surface area contributed by atoms with Crippen LogP contribution in [0.5, 0.6) is 0 Å². The molecule has 0 fully saturated rings. The Morgan fingerprint density at radius 1 is 1.36 bits per heavy atom. The van der Waals surface area contributed by atoms with Gasteiger partial charge >= 0.3 is 0 Å². The Morgan fingerprint density at radius 3 is 2.50 bits per heavy atom. The standard InChI is InChI=1S/C12H19NO/c1-10-6-5-7-11(8-10)13(4)9-12(2,3)14/h5-8,14H,9H2,1-4H3. The number of rotatable bonds is 3. The topological polar surface area (TPSA) is 23.5 Å². The number of nitrogens with zero attached hydrogens (tertiary/aromatic N) is 1. The molecule has 0 atom stereocenters. The minimum Gasteiger partial charge on any atom is -0.389 e. The van der Waals surface area contributed by atoms with Crippen molar-refractivity contribution in [3.8, 4) is 0 Å². The number of hydrogen-bond donors (Lipinski definition) is 1. The largest absolute Gasteiger partial charge is 0.389 e. The second kappa shape index (κ2) is 4.01. The van der Waals surface area contributed by atoms with Crippen molar-refractivity contribution in [1.82, 2.24) is 0 Å². The van der Waals surface area contributed by atoms with Crippen molar-refractivity contribution in [2.24, 2.45) is 0 Å². The third-order valence-corrected chi connectivity index (χ3v) is 2.07. The molecule has 0 spiro atoms. The highest BCUT2D eigenvalue weighted by molar-refractivity contribution is 5.47. The highest BCUT2D eigenvalue weighted by Gasteiger charge is 2.15. The van der Waals surface area contributed by atoms with Crippen LogP contribution in [-0.2, 0) is 0 Å². The van der Waals surface area contributed by atoms with Gasteiger partial charge in [-0.2, -0.15) is 0 Å².